The van der Waals surface area contributed by atoms with E-state index < -0.39 is 0 Å². The summed E-state index contributed by atoms with van der Waals surface area (Å²) in [6.45, 7) is 5.41. The topological polar surface area (TPSA) is 55.9 Å². The molecule has 0 aliphatic heterocycles. The first kappa shape index (κ1) is 11.0. The normalized spacial score (nSPS) is 8.67. The van der Waals surface area contributed by atoms with E-state index in [4.69, 9.17) is 5.73 Å². The van der Waals surface area contributed by atoms with Crippen LogP contribution in [-0.2, 0) is 6.54 Å². The summed E-state index contributed by atoms with van der Waals surface area (Å²) in [5, 5.41) is 7.03. The lowest BCUT2D eigenvalue weighted by Crippen LogP contribution is -2.09. The molecular weight excluding hydrogens is 152 g/mol. The van der Waals surface area contributed by atoms with Crippen LogP contribution in [0.2, 0.25) is 0 Å². The Morgan fingerprint density at radius 3 is 2.67 bits per heavy atom. The van der Waals surface area contributed by atoms with E-state index in [1.165, 1.54) is 0 Å². The number of hydrogen-bond acceptors (Lipinski definition) is 3. The highest BCUT2D eigenvalue weighted by Crippen LogP contribution is 2.01. The van der Waals surface area contributed by atoms with Crippen LogP contribution in [0, 0.1) is 0 Å². The summed E-state index contributed by atoms with van der Waals surface area (Å²) in [5.74, 6) is 0. The van der Waals surface area contributed by atoms with E-state index in [-0.39, 0.29) is 0 Å². The van der Waals surface area contributed by atoms with Crippen LogP contribution in [0.25, 0.3) is 0 Å². The van der Waals surface area contributed by atoms with Gasteiger partial charge in [0, 0.05) is 19.8 Å². The average Bonchev–Trinajstić information content (AvgIpc) is 2.57. The van der Waals surface area contributed by atoms with Crippen LogP contribution >= 0.6 is 0 Å². The third-order valence-electron chi connectivity index (χ3n) is 1.28. The zero-order valence-electron chi connectivity index (χ0n) is 8.04. The Labute approximate surface area is 73.8 Å². The van der Waals surface area contributed by atoms with Gasteiger partial charge in [0.1, 0.15) is 0 Å². The predicted octanol–water partition coefficient (Wildman–Crippen LogP) is 0.910. The van der Waals surface area contributed by atoms with Crippen molar-refractivity contribution >= 4 is 5.69 Å². The fourth-order valence-electron chi connectivity index (χ4n) is 0.747. The van der Waals surface area contributed by atoms with Gasteiger partial charge in [-0.2, -0.15) is 5.10 Å². The lowest BCUT2D eigenvalue weighted by atomic mass is 10.6. The lowest BCUT2D eigenvalue weighted by Gasteiger charge is -1.94. The Morgan fingerprint density at radius 2 is 2.25 bits per heavy atom. The zero-order valence-corrected chi connectivity index (χ0v) is 8.04. The second kappa shape index (κ2) is 6.67. The van der Waals surface area contributed by atoms with Crippen LogP contribution in [0.4, 0.5) is 5.69 Å². The fourth-order valence-corrected chi connectivity index (χ4v) is 0.747. The van der Waals surface area contributed by atoms with Crippen molar-refractivity contribution in [2.75, 3.05) is 18.9 Å². The van der Waals surface area contributed by atoms with Crippen LogP contribution in [0.3, 0.4) is 0 Å². The number of nitrogens with one attached hydrogen (secondary N) is 1. The molecular formula is C8H18N4. The summed E-state index contributed by atoms with van der Waals surface area (Å²) in [6, 6.07) is 0. The van der Waals surface area contributed by atoms with Crippen molar-refractivity contribution in [1.82, 2.24) is 9.78 Å². The third kappa shape index (κ3) is 3.39. The summed E-state index contributed by atoms with van der Waals surface area (Å²) in [5.41, 5.74) is 6.35. The number of anilines is 1. The summed E-state index contributed by atoms with van der Waals surface area (Å²) in [4.78, 5) is 0. The largest absolute Gasteiger partial charge is 0.386 e. The molecule has 0 saturated carbocycles. The van der Waals surface area contributed by atoms with E-state index in [0.29, 0.717) is 6.54 Å². The molecule has 4 heteroatoms. The minimum absolute atomic E-state index is 0.630. The number of aromatic nitrogens is 2. The van der Waals surface area contributed by atoms with E-state index in [1.807, 2.05) is 31.8 Å². The molecule has 1 rings (SSSR count). The van der Waals surface area contributed by atoms with Crippen LogP contribution < -0.4 is 11.1 Å². The van der Waals surface area contributed by atoms with Gasteiger partial charge in [-0.05, 0) is 0 Å². The van der Waals surface area contributed by atoms with E-state index in [2.05, 4.69) is 10.4 Å². The van der Waals surface area contributed by atoms with Gasteiger partial charge in [-0.15, -0.1) is 0 Å². The standard InChI is InChI=1S/C6H12N4.C2H6/c1-8-6-4-9-10(5-6)3-2-7;1-2/h4-5,8H,2-3,7H2,1H3;1-2H3. The minimum atomic E-state index is 0.630. The Bertz CT molecular complexity index is 195. The Kier molecular flexibility index (Phi) is 6.09. The first-order valence-corrected chi connectivity index (χ1v) is 4.27. The highest BCUT2D eigenvalue weighted by Gasteiger charge is 1.92. The summed E-state index contributed by atoms with van der Waals surface area (Å²) < 4.78 is 1.81. The van der Waals surface area contributed by atoms with Gasteiger partial charge < -0.3 is 11.1 Å². The molecule has 0 atom stereocenters. The van der Waals surface area contributed by atoms with Crippen molar-refractivity contribution in [3.63, 3.8) is 0 Å². The molecule has 0 aromatic carbocycles. The van der Waals surface area contributed by atoms with E-state index >= 15 is 0 Å². The SMILES string of the molecule is CC.CNc1cnn(CCN)c1. The van der Waals surface area contributed by atoms with Gasteiger partial charge in [0.15, 0.2) is 0 Å². The smallest absolute Gasteiger partial charge is 0.0723 e. The van der Waals surface area contributed by atoms with Crippen molar-refractivity contribution in [2.45, 2.75) is 20.4 Å². The van der Waals surface area contributed by atoms with Crippen molar-refractivity contribution in [3.05, 3.63) is 12.4 Å². The van der Waals surface area contributed by atoms with Crippen LogP contribution in [-0.4, -0.2) is 23.4 Å². The van der Waals surface area contributed by atoms with E-state index in [0.717, 1.165) is 12.2 Å². The minimum Gasteiger partial charge on any atom is -0.386 e. The highest BCUT2D eigenvalue weighted by molar-refractivity contribution is 5.36. The molecule has 1 aromatic rings. The molecule has 0 spiro atoms. The van der Waals surface area contributed by atoms with Crippen LogP contribution in [0.5, 0.6) is 0 Å². The Balaban J connectivity index is 0.000000561. The maximum Gasteiger partial charge on any atom is 0.0723 e. The molecule has 0 aliphatic rings. The van der Waals surface area contributed by atoms with Crippen LogP contribution in [0.1, 0.15) is 13.8 Å². The predicted molar refractivity (Wildman–Crippen MR) is 52.2 cm³/mol. The van der Waals surface area contributed by atoms with E-state index in [9.17, 15) is 0 Å². The van der Waals surface area contributed by atoms with Gasteiger partial charge in [0.05, 0.1) is 18.4 Å². The molecule has 3 N–H and O–H groups in total. The average molecular weight is 170 g/mol. The van der Waals surface area contributed by atoms with Crippen molar-refractivity contribution in [2.24, 2.45) is 5.73 Å². The number of rotatable bonds is 3. The highest BCUT2D eigenvalue weighted by atomic mass is 15.3. The summed E-state index contributed by atoms with van der Waals surface area (Å²) >= 11 is 0. The first-order valence-electron chi connectivity index (χ1n) is 4.27. The molecule has 0 radical (unpaired) electrons. The number of nitrogens with zero attached hydrogens (tertiary/aromatic N) is 2. The number of nitrogens with two attached hydrogens (primary N) is 1. The van der Waals surface area contributed by atoms with Crippen molar-refractivity contribution in [3.8, 4) is 0 Å². The molecule has 4 nitrogen and oxygen atoms in total. The first-order chi connectivity index (χ1) is 5.86. The maximum absolute atomic E-state index is 5.33. The molecule has 12 heavy (non-hydrogen) atoms. The molecule has 0 unspecified atom stereocenters. The van der Waals surface area contributed by atoms with Crippen molar-refractivity contribution in [1.29, 1.82) is 0 Å². The van der Waals surface area contributed by atoms with Gasteiger partial charge in [-0.25, -0.2) is 0 Å². The zero-order chi connectivity index (χ0) is 9.40. The maximum atomic E-state index is 5.33. The summed E-state index contributed by atoms with van der Waals surface area (Å²) in [6.07, 6.45) is 3.70. The molecule has 0 bridgehead atoms. The summed E-state index contributed by atoms with van der Waals surface area (Å²) in [7, 11) is 1.86. The molecule has 0 saturated heterocycles. The second-order valence-corrected chi connectivity index (χ2v) is 2.03. The molecule has 0 amide bonds. The molecule has 0 aliphatic carbocycles. The monoisotopic (exact) mass is 170 g/mol. The number of hydrogen-bond donors (Lipinski definition) is 2. The fraction of sp³-hybridized carbons (Fsp3) is 0.625. The van der Waals surface area contributed by atoms with Gasteiger partial charge >= 0.3 is 0 Å². The molecule has 70 valence electrons. The van der Waals surface area contributed by atoms with Gasteiger partial charge in [0.2, 0.25) is 0 Å². The van der Waals surface area contributed by atoms with Gasteiger partial charge in [-0.3, -0.25) is 4.68 Å². The Hall–Kier alpha value is -1.03. The quantitative estimate of drug-likeness (QED) is 0.709. The lowest BCUT2D eigenvalue weighted by molar-refractivity contribution is 0.625. The Morgan fingerprint density at radius 1 is 1.58 bits per heavy atom. The van der Waals surface area contributed by atoms with E-state index in [1.54, 1.807) is 6.20 Å². The molecule has 0 fully saturated rings. The molecule has 1 aromatic heterocycles. The van der Waals surface area contributed by atoms with Crippen molar-refractivity contribution < 1.29 is 0 Å². The van der Waals surface area contributed by atoms with Crippen LogP contribution in [0.15, 0.2) is 12.4 Å². The third-order valence-corrected chi connectivity index (χ3v) is 1.28. The molecule has 1 heterocycles. The van der Waals surface area contributed by atoms with Gasteiger partial charge in [-0.1, -0.05) is 13.8 Å². The van der Waals surface area contributed by atoms with Gasteiger partial charge in [0.25, 0.3) is 0 Å². The second-order valence-electron chi connectivity index (χ2n) is 2.03.